The maximum atomic E-state index is 10.3. The van der Waals surface area contributed by atoms with Crippen LogP contribution in [0, 0.1) is 6.92 Å². The summed E-state index contributed by atoms with van der Waals surface area (Å²) in [6.45, 7) is 2.02. The molecular weight excluding hydrogens is 236 g/mol. The van der Waals surface area contributed by atoms with Crippen molar-refractivity contribution in [2.24, 2.45) is 0 Å². The Morgan fingerprint density at radius 3 is 2.53 bits per heavy atom. The van der Waals surface area contributed by atoms with Crippen molar-refractivity contribution in [3.8, 4) is 5.75 Å². The molecule has 0 saturated carbocycles. The van der Waals surface area contributed by atoms with Crippen LogP contribution in [0.1, 0.15) is 29.2 Å². The molecule has 0 amide bonds. The van der Waals surface area contributed by atoms with Gasteiger partial charge in [-0.1, -0.05) is 42.0 Å². The van der Waals surface area contributed by atoms with Crippen LogP contribution in [0.3, 0.4) is 0 Å². The van der Waals surface area contributed by atoms with Crippen LogP contribution in [0.25, 0.3) is 0 Å². The molecule has 1 unspecified atom stereocenters. The first-order chi connectivity index (χ1) is 9.20. The van der Waals surface area contributed by atoms with E-state index >= 15 is 0 Å². The zero-order valence-corrected chi connectivity index (χ0v) is 11.5. The molecule has 0 aliphatic carbocycles. The highest BCUT2D eigenvalue weighted by atomic mass is 16.5. The fourth-order valence-corrected chi connectivity index (χ4v) is 2.22. The first-order valence-corrected chi connectivity index (χ1v) is 6.57. The summed E-state index contributed by atoms with van der Waals surface area (Å²) in [6.07, 6.45) is 1.07. The van der Waals surface area contributed by atoms with E-state index in [4.69, 9.17) is 4.74 Å². The van der Waals surface area contributed by atoms with Gasteiger partial charge in [0.2, 0.25) is 0 Å². The highest BCUT2D eigenvalue weighted by Crippen LogP contribution is 2.29. The second kappa shape index (κ2) is 6.39. The number of hydrogen-bond donors (Lipinski definition) is 1. The molecule has 2 aromatic rings. The minimum atomic E-state index is -0.491. The Bertz CT molecular complexity index is 520. The lowest BCUT2D eigenvalue weighted by Crippen LogP contribution is -2.03. The first kappa shape index (κ1) is 13.6. The van der Waals surface area contributed by atoms with Crippen molar-refractivity contribution in [1.29, 1.82) is 0 Å². The normalized spacial score (nSPS) is 12.2. The van der Waals surface area contributed by atoms with E-state index in [1.54, 1.807) is 7.11 Å². The van der Waals surface area contributed by atoms with Crippen molar-refractivity contribution in [2.75, 3.05) is 7.11 Å². The van der Waals surface area contributed by atoms with Gasteiger partial charge in [-0.15, -0.1) is 0 Å². The van der Waals surface area contributed by atoms with Gasteiger partial charge in [-0.2, -0.15) is 0 Å². The number of rotatable bonds is 5. The first-order valence-electron chi connectivity index (χ1n) is 6.57. The predicted octanol–water partition coefficient (Wildman–Crippen LogP) is 3.67. The Morgan fingerprint density at radius 2 is 1.84 bits per heavy atom. The van der Waals surface area contributed by atoms with Crippen LogP contribution in [0.5, 0.6) is 5.75 Å². The van der Waals surface area contributed by atoms with Gasteiger partial charge in [0.05, 0.1) is 13.2 Å². The minimum Gasteiger partial charge on any atom is -0.496 e. The van der Waals surface area contributed by atoms with Crippen molar-refractivity contribution in [2.45, 2.75) is 25.9 Å². The molecule has 1 N–H and O–H groups in total. The van der Waals surface area contributed by atoms with Crippen molar-refractivity contribution in [3.05, 3.63) is 65.2 Å². The van der Waals surface area contributed by atoms with E-state index < -0.39 is 6.10 Å². The van der Waals surface area contributed by atoms with Crippen LogP contribution in [0.4, 0.5) is 0 Å². The zero-order valence-electron chi connectivity index (χ0n) is 11.5. The molecule has 2 heteroatoms. The fraction of sp³-hybridized carbons (Fsp3) is 0.294. The SMILES string of the molecule is COc1ccc(C)cc1C(O)CCc1ccccc1. The Hall–Kier alpha value is -1.80. The average Bonchev–Trinajstić information content (AvgIpc) is 2.46. The molecule has 0 aliphatic heterocycles. The number of ether oxygens (including phenoxy) is 1. The molecule has 0 saturated heterocycles. The molecule has 2 rings (SSSR count). The van der Waals surface area contributed by atoms with E-state index in [0.29, 0.717) is 6.42 Å². The van der Waals surface area contributed by atoms with Gasteiger partial charge in [0.1, 0.15) is 5.75 Å². The predicted molar refractivity (Wildman–Crippen MR) is 77.5 cm³/mol. The lowest BCUT2D eigenvalue weighted by Gasteiger charge is -2.15. The lowest BCUT2D eigenvalue weighted by atomic mass is 9.99. The number of hydrogen-bond acceptors (Lipinski definition) is 2. The highest BCUT2D eigenvalue weighted by molar-refractivity contribution is 5.38. The van der Waals surface area contributed by atoms with Gasteiger partial charge in [-0.25, -0.2) is 0 Å². The van der Waals surface area contributed by atoms with E-state index in [9.17, 15) is 5.11 Å². The molecule has 0 bridgehead atoms. The summed E-state index contributed by atoms with van der Waals surface area (Å²) in [5.41, 5.74) is 3.25. The van der Waals surface area contributed by atoms with E-state index in [0.717, 1.165) is 23.3 Å². The molecule has 0 heterocycles. The molecule has 2 aromatic carbocycles. The molecule has 1 atom stereocenters. The lowest BCUT2D eigenvalue weighted by molar-refractivity contribution is 0.163. The summed E-state index contributed by atoms with van der Waals surface area (Å²) in [6, 6.07) is 16.1. The van der Waals surface area contributed by atoms with Crippen molar-refractivity contribution >= 4 is 0 Å². The van der Waals surface area contributed by atoms with Crippen molar-refractivity contribution in [1.82, 2.24) is 0 Å². The monoisotopic (exact) mass is 256 g/mol. The second-order valence-corrected chi connectivity index (χ2v) is 4.79. The standard InChI is InChI=1S/C17H20O2/c1-13-8-11-17(19-2)15(12-13)16(18)10-9-14-6-4-3-5-7-14/h3-8,11-12,16,18H,9-10H2,1-2H3. The Balaban J connectivity index is 2.07. The van der Waals surface area contributed by atoms with Gasteiger partial charge < -0.3 is 9.84 Å². The number of methoxy groups -OCH3 is 1. The summed E-state index contributed by atoms with van der Waals surface area (Å²) < 4.78 is 5.31. The van der Waals surface area contributed by atoms with E-state index in [-0.39, 0.29) is 0 Å². The molecular formula is C17H20O2. The van der Waals surface area contributed by atoms with Crippen LogP contribution in [0.2, 0.25) is 0 Å². The van der Waals surface area contributed by atoms with Crippen LogP contribution in [0.15, 0.2) is 48.5 Å². The maximum Gasteiger partial charge on any atom is 0.124 e. The molecule has 0 spiro atoms. The third-order valence-corrected chi connectivity index (χ3v) is 3.29. The molecule has 0 aliphatic rings. The molecule has 0 radical (unpaired) electrons. The smallest absolute Gasteiger partial charge is 0.124 e. The molecule has 2 nitrogen and oxygen atoms in total. The van der Waals surface area contributed by atoms with E-state index in [2.05, 4.69) is 12.1 Å². The second-order valence-electron chi connectivity index (χ2n) is 4.79. The van der Waals surface area contributed by atoms with Gasteiger partial charge in [0, 0.05) is 5.56 Å². The topological polar surface area (TPSA) is 29.5 Å². The highest BCUT2D eigenvalue weighted by Gasteiger charge is 2.13. The summed E-state index contributed by atoms with van der Waals surface area (Å²) >= 11 is 0. The summed E-state index contributed by atoms with van der Waals surface area (Å²) in [5.74, 6) is 0.756. The Kier molecular flexibility index (Phi) is 4.58. The largest absolute Gasteiger partial charge is 0.496 e. The van der Waals surface area contributed by atoms with Gasteiger partial charge in [-0.3, -0.25) is 0 Å². The third-order valence-electron chi connectivity index (χ3n) is 3.29. The summed E-state index contributed by atoms with van der Waals surface area (Å²) in [5, 5.41) is 10.3. The summed E-state index contributed by atoms with van der Waals surface area (Å²) in [4.78, 5) is 0. The van der Waals surface area contributed by atoms with Crippen molar-refractivity contribution in [3.63, 3.8) is 0 Å². The fourth-order valence-electron chi connectivity index (χ4n) is 2.22. The summed E-state index contributed by atoms with van der Waals surface area (Å²) in [7, 11) is 1.64. The quantitative estimate of drug-likeness (QED) is 0.884. The average molecular weight is 256 g/mol. The maximum absolute atomic E-state index is 10.3. The van der Waals surface area contributed by atoms with Crippen LogP contribution < -0.4 is 4.74 Å². The Morgan fingerprint density at radius 1 is 1.11 bits per heavy atom. The minimum absolute atomic E-state index is 0.491. The molecule has 19 heavy (non-hydrogen) atoms. The van der Waals surface area contributed by atoms with Crippen molar-refractivity contribution < 1.29 is 9.84 Å². The third kappa shape index (κ3) is 3.58. The number of aryl methyl sites for hydroxylation is 2. The van der Waals surface area contributed by atoms with Gasteiger partial charge >= 0.3 is 0 Å². The molecule has 0 aromatic heterocycles. The number of aliphatic hydroxyl groups excluding tert-OH is 1. The number of aliphatic hydroxyl groups is 1. The molecule has 0 fully saturated rings. The molecule has 100 valence electrons. The van der Waals surface area contributed by atoms with Crippen LogP contribution in [-0.4, -0.2) is 12.2 Å². The van der Waals surface area contributed by atoms with Crippen LogP contribution >= 0.6 is 0 Å². The zero-order chi connectivity index (χ0) is 13.7. The van der Waals surface area contributed by atoms with Gasteiger partial charge in [0.15, 0.2) is 0 Å². The van der Waals surface area contributed by atoms with E-state index in [1.165, 1.54) is 5.56 Å². The van der Waals surface area contributed by atoms with Crippen LogP contribution in [-0.2, 0) is 6.42 Å². The van der Waals surface area contributed by atoms with Gasteiger partial charge in [0.25, 0.3) is 0 Å². The Labute approximate surface area is 114 Å². The van der Waals surface area contributed by atoms with Gasteiger partial charge in [-0.05, 0) is 37.5 Å². The van der Waals surface area contributed by atoms with E-state index in [1.807, 2.05) is 43.3 Å². The number of benzene rings is 2.